The monoisotopic (exact) mass is 903 g/mol. The van der Waals surface area contributed by atoms with Gasteiger partial charge in [-0.2, -0.15) is 0 Å². The van der Waals surface area contributed by atoms with Gasteiger partial charge in [0.15, 0.2) is 0 Å². The van der Waals surface area contributed by atoms with Crippen molar-refractivity contribution >= 4 is 13.7 Å². The van der Waals surface area contributed by atoms with Crippen molar-refractivity contribution < 1.29 is 32.9 Å². The van der Waals surface area contributed by atoms with Gasteiger partial charge in [-0.1, -0.05) is 196 Å². The third-order valence-corrected chi connectivity index (χ3v) is 12.1. The van der Waals surface area contributed by atoms with Crippen molar-refractivity contribution in [2.24, 2.45) is 0 Å². The number of allylic oxidation sites excluding steroid dienone is 11. The number of nitrogens with zero attached hydrogens (tertiary/aromatic N) is 1. The van der Waals surface area contributed by atoms with Gasteiger partial charge < -0.3 is 28.8 Å². The Hall–Kier alpha value is -2.06. The van der Waals surface area contributed by atoms with Crippen LogP contribution in [0.15, 0.2) is 72.9 Å². The predicted molar refractivity (Wildman–Crippen MR) is 270 cm³/mol. The highest BCUT2D eigenvalue weighted by molar-refractivity contribution is 7.45. The number of likely N-dealkylation sites (N-methyl/N-ethyl adjacent to an activating group) is 1. The van der Waals surface area contributed by atoms with E-state index in [0.717, 1.165) is 70.6 Å². The SMILES string of the molecule is CCCCC/C=C\C/C=C\C/C=C\CCCCCCCCC(=O)NC(COP(=O)([O-])OCC[N+](C)(C)C)C(O)/C=C/CC/C=C/CC/C=C/CCCCCCCCCCCCCC. The number of aliphatic hydroxyl groups is 1. The zero-order chi connectivity index (χ0) is 46.4. The largest absolute Gasteiger partial charge is 0.756 e. The molecule has 0 aromatic heterocycles. The predicted octanol–water partition coefficient (Wildman–Crippen LogP) is 14.5. The Morgan fingerprint density at radius 2 is 0.937 bits per heavy atom. The first-order chi connectivity index (χ1) is 30.5. The molecule has 0 fully saturated rings. The summed E-state index contributed by atoms with van der Waals surface area (Å²) in [4.78, 5) is 25.4. The molecule has 0 aliphatic rings. The van der Waals surface area contributed by atoms with Gasteiger partial charge in [0.05, 0.1) is 39.9 Å². The molecule has 0 aromatic carbocycles. The highest BCUT2D eigenvalue weighted by Crippen LogP contribution is 2.38. The molecule has 63 heavy (non-hydrogen) atoms. The summed E-state index contributed by atoms with van der Waals surface area (Å²) in [5.74, 6) is -0.226. The first-order valence-electron chi connectivity index (χ1n) is 25.8. The maximum atomic E-state index is 12.9. The van der Waals surface area contributed by atoms with Crippen molar-refractivity contribution in [2.75, 3.05) is 40.9 Å². The van der Waals surface area contributed by atoms with Crippen LogP contribution in [0.1, 0.15) is 213 Å². The standard InChI is InChI=1S/C54H99N2O6P/c1-6-8-10-12-14-16-18-20-22-24-26-27-28-30-31-33-35-37-39-41-43-45-47-53(57)52(51-62-63(59,60)61-50-49-56(3,4)5)55-54(58)48-46-44-42-40-38-36-34-32-29-25-23-21-19-17-15-13-11-9-7-2/h15,17,21,23,29-32,37,39,45,47,52-53,57H,6-14,16,18-20,22,24-28,33-36,38,40-44,46,48-51H2,1-5H3,(H-,55,58,59,60)/b17-15-,23-21-,31-30+,32-29-,39-37+,47-45+. The lowest BCUT2D eigenvalue weighted by Crippen LogP contribution is -2.45. The van der Waals surface area contributed by atoms with Crippen LogP contribution in [0.3, 0.4) is 0 Å². The zero-order valence-corrected chi connectivity index (χ0v) is 42.4. The van der Waals surface area contributed by atoms with Crippen molar-refractivity contribution in [2.45, 2.75) is 225 Å². The summed E-state index contributed by atoms with van der Waals surface area (Å²) in [6.07, 6.45) is 61.0. The lowest BCUT2D eigenvalue weighted by molar-refractivity contribution is -0.870. The number of rotatable bonds is 46. The summed E-state index contributed by atoms with van der Waals surface area (Å²) in [5.41, 5.74) is 0. The van der Waals surface area contributed by atoms with Crippen LogP contribution in [0, 0.1) is 0 Å². The average Bonchev–Trinajstić information content (AvgIpc) is 3.24. The number of phosphoric acid groups is 1. The molecular weight excluding hydrogens is 804 g/mol. The van der Waals surface area contributed by atoms with E-state index in [2.05, 4.69) is 79.9 Å². The number of hydrogen-bond donors (Lipinski definition) is 2. The van der Waals surface area contributed by atoms with Crippen molar-refractivity contribution in [1.82, 2.24) is 5.32 Å². The van der Waals surface area contributed by atoms with Crippen LogP contribution >= 0.6 is 7.82 Å². The number of carbonyl (C=O) groups is 1. The minimum absolute atomic E-state index is 0.0150. The van der Waals surface area contributed by atoms with Crippen LogP contribution in [-0.4, -0.2) is 68.5 Å². The van der Waals surface area contributed by atoms with E-state index >= 15 is 0 Å². The summed E-state index contributed by atoms with van der Waals surface area (Å²) < 4.78 is 23.3. The second kappa shape index (κ2) is 45.1. The molecule has 0 heterocycles. The van der Waals surface area contributed by atoms with E-state index in [-0.39, 0.29) is 12.5 Å². The van der Waals surface area contributed by atoms with E-state index in [0.29, 0.717) is 17.4 Å². The molecule has 8 nitrogen and oxygen atoms in total. The summed E-state index contributed by atoms with van der Waals surface area (Å²) in [7, 11) is 1.22. The lowest BCUT2D eigenvalue weighted by atomic mass is 10.0. The van der Waals surface area contributed by atoms with Crippen LogP contribution in [0.5, 0.6) is 0 Å². The van der Waals surface area contributed by atoms with E-state index < -0.39 is 26.6 Å². The molecule has 0 radical (unpaired) electrons. The second-order valence-electron chi connectivity index (χ2n) is 18.5. The van der Waals surface area contributed by atoms with Crippen LogP contribution in [0.2, 0.25) is 0 Å². The van der Waals surface area contributed by atoms with Gasteiger partial charge >= 0.3 is 0 Å². The fourth-order valence-electron chi connectivity index (χ4n) is 7.01. The van der Waals surface area contributed by atoms with Crippen LogP contribution in [0.4, 0.5) is 0 Å². The molecule has 366 valence electrons. The van der Waals surface area contributed by atoms with E-state index in [9.17, 15) is 19.4 Å². The number of quaternary nitrogens is 1. The molecule has 0 aromatic rings. The van der Waals surface area contributed by atoms with Crippen LogP contribution in [0.25, 0.3) is 0 Å². The molecule has 0 bridgehead atoms. The number of hydrogen-bond acceptors (Lipinski definition) is 6. The first-order valence-corrected chi connectivity index (χ1v) is 27.3. The first kappa shape index (κ1) is 60.9. The average molecular weight is 903 g/mol. The Kier molecular flexibility index (Phi) is 43.6. The molecule has 0 aliphatic carbocycles. The van der Waals surface area contributed by atoms with Gasteiger partial charge in [-0.3, -0.25) is 9.36 Å². The Morgan fingerprint density at radius 1 is 0.556 bits per heavy atom. The number of unbranched alkanes of at least 4 members (excludes halogenated alkanes) is 23. The van der Waals surface area contributed by atoms with E-state index in [4.69, 9.17) is 9.05 Å². The third kappa shape index (κ3) is 47.7. The molecule has 0 saturated carbocycles. The fraction of sp³-hybridized carbons (Fsp3) is 0.759. The van der Waals surface area contributed by atoms with Gasteiger partial charge in [-0.05, 0) is 83.5 Å². The van der Waals surface area contributed by atoms with Crippen molar-refractivity contribution in [3.8, 4) is 0 Å². The lowest BCUT2D eigenvalue weighted by Gasteiger charge is -2.29. The normalized spacial score (nSPS) is 14.7. The summed E-state index contributed by atoms with van der Waals surface area (Å²) in [6, 6.07) is -0.920. The summed E-state index contributed by atoms with van der Waals surface area (Å²) in [6.45, 7) is 4.58. The molecule has 0 saturated heterocycles. The van der Waals surface area contributed by atoms with Crippen molar-refractivity contribution in [1.29, 1.82) is 0 Å². The van der Waals surface area contributed by atoms with Gasteiger partial charge in [-0.25, -0.2) is 0 Å². The maximum Gasteiger partial charge on any atom is 0.268 e. The summed E-state index contributed by atoms with van der Waals surface area (Å²) >= 11 is 0. The molecule has 2 N–H and O–H groups in total. The Morgan fingerprint density at radius 3 is 1.43 bits per heavy atom. The van der Waals surface area contributed by atoms with Gasteiger partial charge in [-0.15, -0.1) is 0 Å². The van der Waals surface area contributed by atoms with Crippen LogP contribution < -0.4 is 10.2 Å². The Labute approximate surface area is 389 Å². The molecule has 3 unspecified atom stereocenters. The second-order valence-corrected chi connectivity index (χ2v) is 19.9. The minimum atomic E-state index is -4.61. The highest BCUT2D eigenvalue weighted by Gasteiger charge is 2.23. The van der Waals surface area contributed by atoms with Crippen LogP contribution in [-0.2, 0) is 18.4 Å². The van der Waals surface area contributed by atoms with E-state index in [1.807, 2.05) is 27.2 Å². The van der Waals surface area contributed by atoms with Gasteiger partial charge in [0.25, 0.3) is 7.82 Å². The van der Waals surface area contributed by atoms with Crippen molar-refractivity contribution in [3.05, 3.63) is 72.9 Å². The molecule has 1 amide bonds. The number of amides is 1. The fourth-order valence-corrected chi connectivity index (χ4v) is 7.74. The molecule has 3 atom stereocenters. The third-order valence-electron chi connectivity index (χ3n) is 11.1. The molecule has 0 aliphatic heterocycles. The Balaban J connectivity index is 4.43. The van der Waals surface area contributed by atoms with E-state index in [1.165, 1.54) is 122 Å². The zero-order valence-electron chi connectivity index (χ0n) is 41.5. The highest BCUT2D eigenvalue weighted by atomic mass is 31.2. The number of nitrogens with one attached hydrogen (secondary N) is 1. The molecular formula is C54H99N2O6P. The minimum Gasteiger partial charge on any atom is -0.756 e. The number of aliphatic hydroxyl groups excluding tert-OH is 1. The summed E-state index contributed by atoms with van der Waals surface area (Å²) in [5, 5.41) is 13.8. The van der Waals surface area contributed by atoms with Gasteiger partial charge in [0.1, 0.15) is 13.2 Å². The molecule has 0 rings (SSSR count). The van der Waals surface area contributed by atoms with Crippen molar-refractivity contribution in [3.63, 3.8) is 0 Å². The van der Waals surface area contributed by atoms with E-state index in [1.54, 1.807) is 6.08 Å². The Bertz CT molecular complexity index is 1250. The number of carbonyl (C=O) groups excluding carboxylic acids is 1. The number of phosphoric ester groups is 1. The van der Waals surface area contributed by atoms with Gasteiger partial charge in [0, 0.05) is 6.42 Å². The smallest absolute Gasteiger partial charge is 0.268 e. The topological polar surface area (TPSA) is 108 Å². The molecule has 9 heteroatoms. The van der Waals surface area contributed by atoms with Gasteiger partial charge in [0.2, 0.25) is 5.91 Å². The quantitative estimate of drug-likeness (QED) is 0.0273. The molecule has 0 spiro atoms. The maximum absolute atomic E-state index is 12.9.